The first-order valence-electron chi connectivity index (χ1n) is 3.41. The van der Waals surface area contributed by atoms with Crippen LogP contribution in [0.4, 0.5) is 0 Å². The van der Waals surface area contributed by atoms with Gasteiger partial charge < -0.3 is 0 Å². The van der Waals surface area contributed by atoms with Crippen molar-refractivity contribution in [2.24, 2.45) is 5.14 Å². The number of rotatable bonds is 2. The van der Waals surface area contributed by atoms with Crippen molar-refractivity contribution < 1.29 is 8.42 Å². The molecule has 0 amide bonds. The van der Waals surface area contributed by atoms with Crippen molar-refractivity contribution >= 4 is 10.0 Å². The Morgan fingerprint density at radius 2 is 2.08 bits per heavy atom. The van der Waals surface area contributed by atoms with E-state index in [0.717, 1.165) is 5.69 Å². The number of aryl methyl sites for hydroxylation is 2. The summed E-state index contributed by atoms with van der Waals surface area (Å²) < 4.78 is 21.5. The van der Waals surface area contributed by atoms with E-state index in [4.69, 9.17) is 5.14 Å². The fourth-order valence-corrected chi connectivity index (χ4v) is 1.82. The third-order valence-corrected chi connectivity index (χ3v) is 2.32. The summed E-state index contributed by atoms with van der Waals surface area (Å²) in [5.74, 6) is -0.152. The van der Waals surface area contributed by atoms with Gasteiger partial charge in [-0.15, -0.1) is 0 Å². The lowest BCUT2D eigenvalue weighted by Gasteiger charge is -1.97. The largest absolute Gasteiger partial charge is 0.282 e. The lowest BCUT2D eigenvalue weighted by molar-refractivity contribution is 0.596. The first-order valence-corrected chi connectivity index (χ1v) is 5.12. The molecule has 3 N–H and O–H groups in total. The van der Waals surface area contributed by atoms with E-state index in [1.165, 1.54) is 0 Å². The highest BCUT2D eigenvalue weighted by atomic mass is 32.2. The average Bonchev–Trinajstić information content (AvgIpc) is 2.16. The highest BCUT2D eigenvalue weighted by molar-refractivity contribution is 7.88. The van der Waals surface area contributed by atoms with Crippen LogP contribution < -0.4 is 5.14 Å². The van der Waals surface area contributed by atoms with Crippen LogP contribution >= 0.6 is 0 Å². The smallest absolute Gasteiger partial charge is 0.213 e. The van der Waals surface area contributed by atoms with Crippen molar-refractivity contribution in [2.75, 3.05) is 0 Å². The van der Waals surface area contributed by atoms with Crippen LogP contribution in [-0.2, 0) is 15.8 Å². The molecule has 6 heteroatoms. The van der Waals surface area contributed by atoms with Crippen LogP contribution in [0.2, 0.25) is 0 Å². The normalized spacial score (nSPS) is 11.9. The van der Waals surface area contributed by atoms with E-state index in [0.29, 0.717) is 11.3 Å². The van der Waals surface area contributed by atoms with Gasteiger partial charge in [0, 0.05) is 11.3 Å². The number of hydrogen-bond donors (Lipinski definition) is 2. The van der Waals surface area contributed by atoms with Gasteiger partial charge in [0.05, 0.1) is 11.4 Å². The van der Waals surface area contributed by atoms with Gasteiger partial charge in [-0.1, -0.05) is 0 Å². The molecule has 0 saturated heterocycles. The zero-order valence-corrected chi connectivity index (χ0v) is 7.77. The predicted octanol–water partition coefficient (Wildman–Crippen LogP) is -0.185. The molecule has 1 aromatic heterocycles. The minimum Gasteiger partial charge on any atom is -0.282 e. The second-order valence-corrected chi connectivity index (χ2v) is 4.33. The van der Waals surface area contributed by atoms with E-state index in [-0.39, 0.29) is 5.75 Å². The van der Waals surface area contributed by atoms with Gasteiger partial charge in [-0.3, -0.25) is 5.10 Å². The molecular weight excluding hydrogens is 178 g/mol. The zero-order chi connectivity index (χ0) is 9.35. The molecule has 68 valence electrons. The summed E-state index contributed by atoms with van der Waals surface area (Å²) >= 11 is 0. The summed E-state index contributed by atoms with van der Waals surface area (Å²) in [6, 6.07) is 0. The maximum Gasteiger partial charge on any atom is 0.213 e. The molecule has 1 aromatic rings. The molecule has 0 bridgehead atoms. The number of hydrogen-bond acceptors (Lipinski definition) is 3. The molecular formula is C6H11N3O2S. The number of primary sulfonamides is 1. The van der Waals surface area contributed by atoms with Crippen molar-refractivity contribution in [3.63, 3.8) is 0 Å². The van der Waals surface area contributed by atoms with Crippen LogP contribution in [0, 0.1) is 13.8 Å². The van der Waals surface area contributed by atoms with Gasteiger partial charge >= 0.3 is 0 Å². The van der Waals surface area contributed by atoms with Crippen LogP contribution in [-0.4, -0.2) is 18.6 Å². The summed E-state index contributed by atoms with van der Waals surface area (Å²) in [7, 11) is -3.45. The number of nitrogens with two attached hydrogens (primary N) is 1. The molecule has 0 aromatic carbocycles. The van der Waals surface area contributed by atoms with Crippen LogP contribution in [0.25, 0.3) is 0 Å². The maximum atomic E-state index is 10.7. The number of aromatic amines is 1. The second kappa shape index (κ2) is 2.87. The Hall–Kier alpha value is -0.880. The Morgan fingerprint density at radius 1 is 1.50 bits per heavy atom. The van der Waals surface area contributed by atoms with Crippen LogP contribution in [0.15, 0.2) is 0 Å². The topological polar surface area (TPSA) is 88.8 Å². The molecule has 0 aliphatic carbocycles. The molecule has 1 rings (SSSR count). The van der Waals surface area contributed by atoms with E-state index in [9.17, 15) is 8.42 Å². The Labute approximate surface area is 71.0 Å². The van der Waals surface area contributed by atoms with E-state index >= 15 is 0 Å². The van der Waals surface area contributed by atoms with Crippen molar-refractivity contribution in [1.82, 2.24) is 10.2 Å². The van der Waals surface area contributed by atoms with Crippen LogP contribution in [0.3, 0.4) is 0 Å². The summed E-state index contributed by atoms with van der Waals surface area (Å²) in [5, 5.41) is 11.4. The summed E-state index contributed by atoms with van der Waals surface area (Å²) in [5.41, 5.74) is 2.10. The quantitative estimate of drug-likeness (QED) is 0.676. The molecule has 0 unspecified atom stereocenters. The van der Waals surface area contributed by atoms with Gasteiger partial charge in [-0.2, -0.15) is 5.10 Å². The van der Waals surface area contributed by atoms with Gasteiger partial charge in [0.1, 0.15) is 0 Å². The van der Waals surface area contributed by atoms with E-state index < -0.39 is 10.0 Å². The first-order chi connectivity index (χ1) is 5.40. The molecule has 0 spiro atoms. The average molecular weight is 189 g/mol. The number of nitrogens with zero attached hydrogens (tertiary/aromatic N) is 1. The Kier molecular flexibility index (Phi) is 2.20. The fraction of sp³-hybridized carbons (Fsp3) is 0.500. The molecule has 1 heterocycles. The van der Waals surface area contributed by atoms with Crippen molar-refractivity contribution in [3.8, 4) is 0 Å². The van der Waals surface area contributed by atoms with Gasteiger partial charge in [0.15, 0.2) is 0 Å². The summed E-state index contributed by atoms with van der Waals surface area (Å²) in [6.45, 7) is 3.50. The number of nitrogens with one attached hydrogen (secondary N) is 1. The molecule has 0 saturated carbocycles. The highest BCUT2D eigenvalue weighted by Gasteiger charge is 2.12. The predicted molar refractivity (Wildman–Crippen MR) is 44.9 cm³/mol. The van der Waals surface area contributed by atoms with Gasteiger partial charge in [-0.25, -0.2) is 13.6 Å². The van der Waals surface area contributed by atoms with Crippen molar-refractivity contribution in [2.45, 2.75) is 19.6 Å². The molecule has 0 radical (unpaired) electrons. The Morgan fingerprint density at radius 3 is 2.42 bits per heavy atom. The summed E-state index contributed by atoms with van der Waals surface area (Å²) in [4.78, 5) is 0. The van der Waals surface area contributed by atoms with Gasteiger partial charge in [0.25, 0.3) is 0 Å². The number of H-pyrrole nitrogens is 1. The third kappa shape index (κ3) is 2.05. The van der Waals surface area contributed by atoms with Crippen molar-refractivity contribution in [1.29, 1.82) is 0 Å². The molecule has 0 aliphatic rings. The fourth-order valence-electron chi connectivity index (χ4n) is 0.988. The molecule has 12 heavy (non-hydrogen) atoms. The zero-order valence-electron chi connectivity index (χ0n) is 6.96. The van der Waals surface area contributed by atoms with E-state index in [1.54, 1.807) is 13.8 Å². The SMILES string of the molecule is Cc1n[nH]c(C)c1CS(N)(=O)=O. The number of aromatic nitrogens is 2. The summed E-state index contributed by atoms with van der Waals surface area (Å²) in [6.07, 6.45) is 0. The van der Waals surface area contributed by atoms with E-state index in [2.05, 4.69) is 10.2 Å². The monoisotopic (exact) mass is 189 g/mol. The highest BCUT2D eigenvalue weighted by Crippen LogP contribution is 2.11. The minimum absolute atomic E-state index is 0.152. The first kappa shape index (κ1) is 9.21. The molecule has 0 atom stereocenters. The number of sulfonamides is 1. The Balaban J connectivity index is 3.04. The molecule has 0 fully saturated rings. The maximum absolute atomic E-state index is 10.7. The molecule has 0 aliphatic heterocycles. The second-order valence-electron chi connectivity index (χ2n) is 2.72. The third-order valence-electron chi connectivity index (χ3n) is 1.63. The van der Waals surface area contributed by atoms with Gasteiger partial charge in [-0.05, 0) is 13.8 Å². The standard InChI is InChI=1S/C6H11N3O2S/c1-4-6(3-12(7,10)11)5(2)9-8-4/h3H2,1-2H3,(H,8,9)(H2,7,10,11). The minimum atomic E-state index is -3.45. The van der Waals surface area contributed by atoms with Gasteiger partial charge in [0.2, 0.25) is 10.0 Å². The lowest BCUT2D eigenvalue weighted by Crippen LogP contribution is -2.15. The lowest BCUT2D eigenvalue weighted by atomic mass is 10.2. The van der Waals surface area contributed by atoms with Crippen molar-refractivity contribution in [3.05, 3.63) is 17.0 Å². The molecule has 5 nitrogen and oxygen atoms in total. The van der Waals surface area contributed by atoms with E-state index in [1.807, 2.05) is 0 Å². The van der Waals surface area contributed by atoms with Crippen LogP contribution in [0.5, 0.6) is 0 Å². The Bertz CT molecular complexity index is 360. The van der Waals surface area contributed by atoms with Crippen LogP contribution in [0.1, 0.15) is 17.0 Å².